The molecule has 16 heavy (non-hydrogen) atoms. The Balaban J connectivity index is 3.17. The van der Waals surface area contributed by atoms with E-state index in [1.54, 1.807) is 0 Å². The summed E-state index contributed by atoms with van der Waals surface area (Å²) in [7, 11) is -3.73. The minimum atomic E-state index is -3.73. The van der Waals surface area contributed by atoms with Gasteiger partial charge in [0.15, 0.2) is 0 Å². The number of carbonyl (C=O) groups is 1. The maximum absolute atomic E-state index is 11.7. The van der Waals surface area contributed by atoms with Crippen LogP contribution in [0.25, 0.3) is 0 Å². The lowest BCUT2D eigenvalue weighted by Crippen LogP contribution is -2.26. The molecule has 0 radical (unpaired) electrons. The van der Waals surface area contributed by atoms with Gasteiger partial charge in [0.05, 0.1) is 10.5 Å². The van der Waals surface area contributed by atoms with Crippen LogP contribution in [0.3, 0.4) is 0 Å². The van der Waals surface area contributed by atoms with Crippen molar-refractivity contribution in [3.05, 3.63) is 29.8 Å². The molecule has 0 aliphatic heterocycles. The third-order valence-electron chi connectivity index (χ3n) is 1.95. The van der Waals surface area contributed by atoms with E-state index >= 15 is 0 Å². The normalized spacial score (nSPS) is 11.3. The smallest absolute Gasteiger partial charge is 0.337 e. The zero-order valence-electron chi connectivity index (χ0n) is 8.80. The average molecular weight is 243 g/mol. The Labute approximate surface area is 94.2 Å². The lowest BCUT2D eigenvalue weighted by Gasteiger charge is -2.07. The van der Waals surface area contributed by atoms with Crippen LogP contribution in [0.1, 0.15) is 23.7 Å². The molecule has 88 valence electrons. The molecule has 0 spiro atoms. The Morgan fingerprint density at radius 2 is 2.00 bits per heavy atom. The molecule has 0 atom stereocenters. The number of sulfonamides is 1. The highest BCUT2D eigenvalue weighted by Crippen LogP contribution is 2.14. The first kappa shape index (κ1) is 12.7. The fourth-order valence-corrected chi connectivity index (χ4v) is 2.52. The molecular weight excluding hydrogens is 230 g/mol. The van der Waals surface area contributed by atoms with E-state index in [1.807, 2.05) is 6.92 Å². The monoisotopic (exact) mass is 243 g/mol. The van der Waals surface area contributed by atoms with E-state index in [0.29, 0.717) is 6.42 Å². The van der Waals surface area contributed by atoms with E-state index in [1.165, 1.54) is 24.3 Å². The van der Waals surface area contributed by atoms with Crippen molar-refractivity contribution in [2.24, 2.45) is 0 Å². The first-order valence-electron chi connectivity index (χ1n) is 4.81. The van der Waals surface area contributed by atoms with Gasteiger partial charge in [0.25, 0.3) is 0 Å². The number of benzene rings is 1. The molecule has 0 heterocycles. The van der Waals surface area contributed by atoms with Crippen LogP contribution in [0.4, 0.5) is 0 Å². The first-order valence-corrected chi connectivity index (χ1v) is 6.29. The Kier molecular flexibility index (Phi) is 4.03. The van der Waals surface area contributed by atoms with E-state index in [2.05, 4.69) is 4.72 Å². The molecular formula is C10H13NO4S. The lowest BCUT2D eigenvalue weighted by molar-refractivity contribution is 0.0692. The second-order valence-corrected chi connectivity index (χ2v) is 4.93. The number of carboxylic acids is 1. The van der Waals surface area contributed by atoms with Gasteiger partial charge in [-0.1, -0.05) is 19.1 Å². The average Bonchev–Trinajstić information content (AvgIpc) is 2.26. The van der Waals surface area contributed by atoms with Crippen LogP contribution in [0.2, 0.25) is 0 Å². The van der Waals surface area contributed by atoms with Crippen LogP contribution in [0.15, 0.2) is 29.2 Å². The SMILES string of the molecule is CCCNS(=O)(=O)c1ccccc1C(=O)O. The Bertz CT molecular complexity index is 481. The minimum absolute atomic E-state index is 0.198. The molecule has 0 amide bonds. The summed E-state index contributed by atoms with van der Waals surface area (Å²) in [5.41, 5.74) is -0.217. The van der Waals surface area contributed by atoms with Gasteiger partial charge in [-0.3, -0.25) is 0 Å². The van der Waals surface area contributed by atoms with Crippen molar-refractivity contribution in [3.63, 3.8) is 0 Å². The molecule has 0 bridgehead atoms. The molecule has 0 aliphatic rings. The predicted molar refractivity (Wildman–Crippen MR) is 58.9 cm³/mol. The highest BCUT2D eigenvalue weighted by molar-refractivity contribution is 7.89. The molecule has 0 saturated carbocycles. The summed E-state index contributed by atoms with van der Waals surface area (Å²) in [5, 5.41) is 8.86. The lowest BCUT2D eigenvalue weighted by atomic mass is 10.2. The van der Waals surface area contributed by atoms with Crippen molar-refractivity contribution in [3.8, 4) is 0 Å². The van der Waals surface area contributed by atoms with Crippen LogP contribution >= 0.6 is 0 Å². The summed E-state index contributed by atoms with van der Waals surface area (Å²) < 4.78 is 25.8. The highest BCUT2D eigenvalue weighted by atomic mass is 32.2. The fraction of sp³-hybridized carbons (Fsp3) is 0.300. The molecule has 1 aromatic carbocycles. The van der Waals surface area contributed by atoms with Gasteiger partial charge in [-0.2, -0.15) is 0 Å². The second-order valence-electron chi connectivity index (χ2n) is 3.20. The van der Waals surface area contributed by atoms with Crippen LogP contribution in [0, 0.1) is 0 Å². The van der Waals surface area contributed by atoms with Gasteiger partial charge in [0, 0.05) is 6.54 Å². The number of aromatic carboxylic acids is 1. The molecule has 1 aromatic rings. The topological polar surface area (TPSA) is 83.5 Å². The summed E-state index contributed by atoms with van der Waals surface area (Å²) in [6.45, 7) is 2.11. The van der Waals surface area contributed by atoms with E-state index in [4.69, 9.17) is 5.11 Å². The van der Waals surface area contributed by atoms with Crippen LogP contribution in [-0.2, 0) is 10.0 Å². The maximum Gasteiger partial charge on any atom is 0.337 e. The van der Waals surface area contributed by atoms with Gasteiger partial charge >= 0.3 is 5.97 Å². The van der Waals surface area contributed by atoms with Crippen molar-refractivity contribution in [2.45, 2.75) is 18.2 Å². The van der Waals surface area contributed by atoms with Gasteiger partial charge in [-0.25, -0.2) is 17.9 Å². The van der Waals surface area contributed by atoms with Crippen molar-refractivity contribution in [2.75, 3.05) is 6.54 Å². The van der Waals surface area contributed by atoms with E-state index in [9.17, 15) is 13.2 Å². The Morgan fingerprint density at radius 3 is 2.56 bits per heavy atom. The predicted octanol–water partition coefficient (Wildman–Crippen LogP) is 1.07. The minimum Gasteiger partial charge on any atom is -0.478 e. The first-order chi connectivity index (χ1) is 7.49. The van der Waals surface area contributed by atoms with Crippen LogP contribution in [0.5, 0.6) is 0 Å². The van der Waals surface area contributed by atoms with Crippen molar-refractivity contribution in [1.29, 1.82) is 0 Å². The largest absolute Gasteiger partial charge is 0.478 e. The molecule has 6 heteroatoms. The zero-order valence-corrected chi connectivity index (χ0v) is 9.62. The summed E-state index contributed by atoms with van der Waals surface area (Å²) in [4.78, 5) is 10.7. The molecule has 1 rings (SSSR count). The van der Waals surface area contributed by atoms with E-state index in [-0.39, 0.29) is 17.0 Å². The highest BCUT2D eigenvalue weighted by Gasteiger charge is 2.20. The molecule has 0 saturated heterocycles. The maximum atomic E-state index is 11.7. The summed E-state index contributed by atoms with van der Waals surface area (Å²) in [6, 6.07) is 5.53. The van der Waals surface area contributed by atoms with Crippen molar-refractivity contribution >= 4 is 16.0 Å². The van der Waals surface area contributed by atoms with E-state index in [0.717, 1.165) is 0 Å². The van der Waals surface area contributed by atoms with Gasteiger partial charge in [-0.15, -0.1) is 0 Å². The molecule has 0 unspecified atom stereocenters. The molecule has 0 aliphatic carbocycles. The number of hydrogen-bond donors (Lipinski definition) is 2. The Morgan fingerprint density at radius 1 is 1.38 bits per heavy atom. The molecule has 5 nitrogen and oxygen atoms in total. The standard InChI is InChI=1S/C10H13NO4S/c1-2-7-11-16(14,15)9-6-4-3-5-8(9)10(12)13/h3-6,11H,2,7H2,1H3,(H,12,13). The summed E-state index contributed by atoms with van der Waals surface area (Å²) >= 11 is 0. The number of carboxylic acid groups (broad SMARTS) is 1. The van der Waals surface area contributed by atoms with Gasteiger partial charge < -0.3 is 5.11 Å². The summed E-state index contributed by atoms with van der Waals surface area (Å²) in [6.07, 6.45) is 0.647. The zero-order chi connectivity index (χ0) is 12.2. The molecule has 2 N–H and O–H groups in total. The third kappa shape index (κ3) is 2.80. The molecule has 0 fully saturated rings. The second kappa shape index (κ2) is 5.09. The van der Waals surface area contributed by atoms with Crippen LogP contribution < -0.4 is 4.72 Å². The van der Waals surface area contributed by atoms with Crippen molar-refractivity contribution < 1.29 is 18.3 Å². The number of nitrogens with one attached hydrogen (secondary N) is 1. The van der Waals surface area contributed by atoms with E-state index < -0.39 is 16.0 Å². The number of rotatable bonds is 5. The number of hydrogen-bond acceptors (Lipinski definition) is 3. The summed E-state index contributed by atoms with van der Waals surface area (Å²) in [5.74, 6) is -1.25. The molecule has 0 aromatic heterocycles. The quantitative estimate of drug-likeness (QED) is 0.810. The van der Waals surface area contributed by atoms with Crippen LogP contribution in [-0.4, -0.2) is 26.0 Å². The van der Waals surface area contributed by atoms with Gasteiger partial charge in [0.2, 0.25) is 10.0 Å². The fourth-order valence-electron chi connectivity index (χ4n) is 1.19. The van der Waals surface area contributed by atoms with Crippen molar-refractivity contribution in [1.82, 2.24) is 4.72 Å². The van der Waals surface area contributed by atoms with Gasteiger partial charge in [-0.05, 0) is 18.6 Å². The third-order valence-corrected chi connectivity index (χ3v) is 3.47. The van der Waals surface area contributed by atoms with Gasteiger partial charge in [0.1, 0.15) is 0 Å². The Hall–Kier alpha value is -1.40.